The van der Waals surface area contributed by atoms with Crippen molar-refractivity contribution in [2.24, 2.45) is 5.92 Å². The number of fused-ring (bicyclic) bond motifs is 1. The zero-order valence-corrected chi connectivity index (χ0v) is 14.7. The summed E-state index contributed by atoms with van der Waals surface area (Å²) in [6.07, 6.45) is 6.15. The third kappa shape index (κ3) is 3.49. The summed E-state index contributed by atoms with van der Waals surface area (Å²) >= 11 is 0. The summed E-state index contributed by atoms with van der Waals surface area (Å²) < 4.78 is 7.60. The fourth-order valence-electron chi connectivity index (χ4n) is 3.83. The van der Waals surface area contributed by atoms with Crippen molar-refractivity contribution in [1.82, 2.24) is 14.5 Å². The maximum Gasteiger partial charge on any atom is 0.263 e. The van der Waals surface area contributed by atoms with Gasteiger partial charge in [0.05, 0.1) is 6.33 Å². The molecule has 0 aliphatic carbocycles. The lowest BCUT2D eigenvalue weighted by Gasteiger charge is -2.35. The van der Waals surface area contributed by atoms with Crippen LogP contribution in [0.25, 0.3) is 0 Å². The van der Waals surface area contributed by atoms with Crippen LogP contribution in [-0.4, -0.2) is 39.6 Å². The van der Waals surface area contributed by atoms with Gasteiger partial charge >= 0.3 is 0 Å². The molecule has 1 aromatic carbocycles. The molecule has 2 aliphatic rings. The van der Waals surface area contributed by atoms with E-state index in [4.69, 9.17) is 4.74 Å². The first-order valence-electron chi connectivity index (χ1n) is 9.24. The zero-order valence-electron chi connectivity index (χ0n) is 14.7. The minimum atomic E-state index is -0.373. The number of rotatable bonds is 3. The summed E-state index contributed by atoms with van der Waals surface area (Å²) in [4.78, 5) is 30.6. The summed E-state index contributed by atoms with van der Waals surface area (Å²) in [5.74, 6) is 1.33. The second kappa shape index (κ2) is 7.32. The molecule has 26 heavy (non-hydrogen) atoms. The number of aryl methyl sites for hydroxylation is 1. The largest absolute Gasteiger partial charge is 0.480 e. The topological polar surface area (TPSA) is 64.4 Å². The van der Waals surface area contributed by atoms with Crippen molar-refractivity contribution in [1.29, 1.82) is 0 Å². The maximum absolute atomic E-state index is 12.8. The zero-order chi connectivity index (χ0) is 17.9. The molecule has 6 nitrogen and oxygen atoms in total. The second-order valence-electron chi connectivity index (χ2n) is 7.09. The van der Waals surface area contributed by atoms with Gasteiger partial charge in [0.1, 0.15) is 5.75 Å². The number of likely N-dealkylation sites (tertiary alicyclic amines) is 1. The summed E-state index contributed by atoms with van der Waals surface area (Å²) in [7, 11) is 0. The normalized spacial score (nSPS) is 20.3. The van der Waals surface area contributed by atoms with E-state index in [1.165, 1.54) is 17.8 Å². The molecule has 0 N–H and O–H groups in total. The first-order valence-corrected chi connectivity index (χ1v) is 9.24. The highest BCUT2D eigenvalue weighted by molar-refractivity contribution is 5.81. The van der Waals surface area contributed by atoms with E-state index in [1.54, 1.807) is 10.9 Å². The molecule has 0 bridgehead atoms. The van der Waals surface area contributed by atoms with E-state index in [1.807, 2.05) is 23.1 Å². The van der Waals surface area contributed by atoms with Crippen LogP contribution in [0.4, 0.5) is 0 Å². The van der Waals surface area contributed by atoms with E-state index in [0.29, 0.717) is 12.5 Å². The SMILES string of the molecule is O=C(C1CCc2ccccc2O1)N1CCC(Cn2cnccc2=O)CC1. The van der Waals surface area contributed by atoms with Crippen LogP contribution in [0.2, 0.25) is 0 Å². The van der Waals surface area contributed by atoms with E-state index in [0.717, 1.165) is 44.5 Å². The molecule has 1 saturated heterocycles. The monoisotopic (exact) mass is 353 g/mol. The minimum Gasteiger partial charge on any atom is -0.480 e. The predicted octanol–water partition coefficient (Wildman–Crippen LogP) is 1.88. The lowest BCUT2D eigenvalue weighted by Crippen LogP contribution is -2.47. The molecule has 0 radical (unpaired) electrons. The Hall–Kier alpha value is -2.63. The molecule has 2 aliphatic heterocycles. The Balaban J connectivity index is 1.33. The van der Waals surface area contributed by atoms with E-state index >= 15 is 0 Å². The van der Waals surface area contributed by atoms with Gasteiger partial charge in [0, 0.05) is 31.9 Å². The van der Waals surface area contributed by atoms with Crippen molar-refractivity contribution in [3.63, 3.8) is 0 Å². The van der Waals surface area contributed by atoms with Crippen molar-refractivity contribution < 1.29 is 9.53 Å². The maximum atomic E-state index is 12.8. The molecule has 1 amide bonds. The van der Waals surface area contributed by atoms with Crippen LogP contribution >= 0.6 is 0 Å². The molecular formula is C20H23N3O3. The van der Waals surface area contributed by atoms with E-state index < -0.39 is 0 Å². The molecule has 6 heteroatoms. The number of nitrogens with zero attached hydrogens (tertiary/aromatic N) is 3. The molecule has 0 spiro atoms. The number of carbonyl (C=O) groups excluding carboxylic acids is 1. The molecule has 3 heterocycles. The highest BCUT2D eigenvalue weighted by atomic mass is 16.5. The predicted molar refractivity (Wildman–Crippen MR) is 97.0 cm³/mol. The standard InChI is InChI=1S/C20H23N3O3/c24-19-7-10-21-14-23(19)13-15-8-11-22(12-9-15)20(25)18-6-5-16-3-1-2-4-17(16)26-18/h1-4,7,10,14-15,18H,5-6,8-9,11-13H2. The van der Waals surface area contributed by atoms with Gasteiger partial charge in [0.15, 0.2) is 6.10 Å². The second-order valence-corrected chi connectivity index (χ2v) is 7.09. The van der Waals surface area contributed by atoms with Gasteiger partial charge < -0.3 is 9.64 Å². The average Bonchev–Trinajstić information content (AvgIpc) is 2.69. The Morgan fingerprint density at radius 1 is 1.15 bits per heavy atom. The van der Waals surface area contributed by atoms with Crippen LogP contribution in [0, 0.1) is 5.92 Å². The number of benzene rings is 1. The van der Waals surface area contributed by atoms with Crippen molar-refractivity contribution in [2.45, 2.75) is 38.3 Å². The van der Waals surface area contributed by atoms with Gasteiger partial charge in [-0.2, -0.15) is 0 Å². The Morgan fingerprint density at radius 2 is 1.96 bits per heavy atom. The van der Waals surface area contributed by atoms with Gasteiger partial charge in [-0.05, 0) is 43.2 Å². The van der Waals surface area contributed by atoms with Gasteiger partial charge in [-0.3, -0.25) is 14.2 Å². The molecule has 1 fully saturated rings. The van der Waals surface area contributed by atoms with Crippen LogP contribution in [0.5, 0.6) is 5.75 Å². The molecule has 0 saturated carbocycles. The van der Waals surface area contributed by atoms with Gasteiger partial charge in [-0.15, -0.1) is 0 Å². The van der Waals surface area contributed by atoms with Crippen molar-refractivity contribution in [2.75, 3.05) is 13.1 Å². The lowest BCUT2D eigenvalue weighted by atomic mass is 9.95. The van der Waals surface area contributed by atoms with Crippen molar-refractivity contribution in [3.8, 4) is 5.75 Å². The number of para-hydroxylation sites is 1. The fourth-order valence-corrected chi connectivity index (χ4v) is 3.83. The number of carbonyl (C=O) groups is 1. The van der Waals surface area contributed by atoms with Crippen LogP contribution in [0.1, 0.15) is 24.8 Å². The number of aromatic nitrogens is 2. The third-order valence-electron chi connectivity index (χ3n) is 5.37. The summed E-state index contributed by atoms with van der Waals surface area (Å²) in [5.41, 5.74) is 1.16. The molecular weight excluding hydrogens is 330 g/mol. The van der Waals surface area contributed by atoms with Crippen LogP contribution in [-0.2, 0) is 17.8 Å². The molecule has 1 aromatic heterocycles. The molecule has 136 valence electrons. The summed E-state index contributed by atoms with van der Waals surface area (Å²) in [6.45, 7) is 2.11. The van der Waals surface area contributed by atoms with Gasteiger partial charge in [0.25, 0.3) is 11.5 Å². The smallest absolute Gasteiger partial charge is 0.263 e. The number of ether oxygens (including phenoxy) is 1. The molecule has 1 atom stereocenters. The first-order chi connectivity index (χ1) is 12.7. The summed E-state index contributed by atoms with van der Waals surface area (Å²) in [5, 5.41) is 0. The fraction of sp³-hybridized carbons (Fsp3) is 0.450. The summed E-state index contributed by atoms with van der Waals surface area (Å²) in [6, 6.07) is 9.42. The minimum absolute atomic E-state index is 0.0206. The highest BCUT2D eigenvalue weighted by Crippen LogP contribution is 2.28. The van der Waals surface area contributed by atoms with Crippen LogP contribution in [0.15, 0.2) is 47.7 Å². The van der Waals surface area contributed by atoms with Crippen LogP contribution in [0.3, 0.4) is 0 Å². The van der Waals surface area contributed by atoms with E-state index in [9.17, 15) is 9.59 Å². The van der Waals surface area contributed by atoms with Gasteiger partial charge in [-0.1, -0.05) is 18.2 Å². The van der Waals surface area contributed by atoms with Crippen LogP contribution < -0.4 is 10.3 Å². The Morgan fingerprint density at radius 3 is 2.77 bits per heavy atom. The van der Waals surface area contributed by atoms with E-state index in [-0.39, 0.29) is 17.6 Å². The molecule has 2 aromatic rings. The Labute approximate surface area is 152 Å². The Bertz CT molecular complexity index is 840. The highest BCUT2D eigenvalue weighted by Gasteiger charge is 2.32. The third-order valence-corrected chi connectivity index (χ3v) is 5.37. The van der Waals surface area contributed by atoms with Crippen molar-refractivity contribution in [3.05, 3.63) is 58.8 Å². The average molecular weight is 353 g/mol. The number of hydrogen-bond acceptors (Lipinski definition) is 4. The number of amides is 1. The number of piperidine rings is 1. The van der Waals surface area contributed by atoms with Gasteiger partial charge in [-0.25, -0.2) is 4.98 Å². The quantitative estimate of drug-likeness (QED) is 0.845. The van der Waals surface area contributed by atoms with Gasteiger partial charge in [0.2, 0.25) is 0 Å². The lowest BCUT2D eigenvalue weighted by molar-refractivity contribution is -0.141. The molecule has 4 rings (SSSR count). The first kappa shape index (κ1) is 16.8. The number of hydrogen-bond donors (Lipinski definition) is 0. The van der Waals surface area contributed by atoms with E-state index in [2.05, 4.69) is 11.1 Å². The Kier molecular flexibility index (Phi) is 4.73. The van der Waals surface area contributed by atoms with Crippen molar-refractivity contribution >= 4 is 5.91 Å². The molecule has 1 unspecified atom stereocenters.